The number of rotatable bonds is 3. The van der Waals surface area contributed by atoms with Gasteiger partial charge >= 0.3 is 0 Å². The molecular weight excluding hydrogens is 226 g/mol. The minimum atomic E-state index is -0.667. The number of hydrogen-bond donors (Lipinski definition) is 1. The molecule has 1 heterocycles. The van der Waals surface area contributed by atoms with Crippen LogP contribution in [0, 0.1) is 11.6 Å². The standard InChI is InChI=1S/C12H12F2N2O/c1-2-12(17)10-6-16(7-15-10)11-4-3-8(13)5-9(11)14/h3-7,12,17H,2H2,1H3. The van der Waals surface area contributed by atoms with Crippen molar-refractivity contribution in [3.05, 3.63) is 48.1 Å². The number of halogens is 2. The van der Waals surface area contributed by atoms with E-state index in [1.807, 2.05) is 6.92 Å². The lowest BCUT2D eigenvalue weighted by Crippen LogP contribution is -1.97. The Labute approximate surface area is 97.3 Å². The molecule has 17 heavy (non-hydrogen) atoms. The molecule has 0 radical (unpaired) electrons. The Morgan fingerprint density at radius 2 is 2.18 bits per heavy atom. The molecule has 1 aromatic carbocycles. The van der Waals surface area contributed by atoms with Crippen LogP contribution in [0.1, 0.15) is 25.1 Å². The van der Waals surface area contributed by atoms with E-state index in [4.69, 9.17) is 0 Å². The van der Waals surface area contributed by atoms with E-state index in [9.17, 15) is 13.9 Å². The summed E-state index contributed by atoms with van der Waals surface area (Å²) in [5.74, 6) is -1.29. The highest BCUT2D eigenvalue weighted by Crippen LogP contribution is 2.18. The van der Waals surface area contributed by atoms with Crippen molar-refractivity contribution in [2.75, 3.05) is 0 Å². The topological polar surface area (TPSA) is 38.0 Å². The first-order valence-electron chi connectivity index (χ1n) is 5.29. The van der Waals surface area contributed by atoms with Crippen LogP contribution >= 0.6 is 0 Å². The van der Waals surface area contributed by atoms with Crippen LogP contribution in [0.5, 0.6) is 0 Å². The molecule has 2 rings (SSSR count). The molecule has 0 aliphatic heterocycles. The second-order valence-electron chi connectivity index (χ2n) is 3.73. The lowest BCUT2D eigenvalue weighted by atomic mass is 10.2. The summed E-state index contributed by atoms with van der Waals surface area (Å²) in [5, 5.41) is 9.57. The first-order chi connectivity index (χ1) is 8.11. The Bertz CT molecular complexity index is 525. The van der Waals surface area contributed by atoms with Gasteiger partial charge in [-0.25, -0.2) is 13.8 Å². The number of aromatic nitrogens is 2. The molecule has 1 unspecified atom stereocenters. The zero-order valence-corrected chi connectivity index (χ0v) is 9.27. The highest BCUT2D eigenvalue weighted by atomic mass is 19.1. The second-order valence-corrected chi connectivity index (χ2v) is 3.73. The van der Waals surface area contributed by atoms with E-state index in [1.54, 1.807) is 0 Å². The Morgan fingerprint density at radius 1 is 1.41 bits per heavy atom. The minimum absolute atomic E-state index is 0.202. The predicted octanol–water partition coefficient (Wildman–Crippen LogP) is 2.59. The largest absolute Gasteiger partial charge is 0.387 e. The maximum atomic E-state index is 13.5. The Balaban J connectivity index is 2.37. The maximum absolute atomic E-state index is 13.5. The fraction of sp³-hybridized carbons (Fsp3) is 0.250. The number of aliphatic hydroxyl groups excluding tert-OH is 1. The Hall–Kier alpha value is -1.75. The molecule has 3 nitrogen and oxygen atoms in total. The summed E-state index contributed by atoms with van der Waals surface area (Å²) in [6, 6.07) is 3.31. The van der Waals surface area contributed by atoms with Gasteiger partial charge in [0.1, 0.15) is 11.6 Å². The van der Waals surface area contributed by atoms with Gasteiger partial charge < -0.3 is 9.67 Å². The smallest absolute Gasteiger partial charge is 0.150 e. The zero-order valence-electron chi connectivity index (χ0n) is 9.27. The quantitative estimate of drug-likeness (QED) is 0.892. The molecule has 0 aliphatic rings. The van der Waals surface area contributed by atoms with Crippen molar-refractivity contribution in [3.8, 4) is 5.69 Å². The monoisotopic (exact) mass is 238 g/mol. The maximum Gasteiger partial charge on any atom is 0.150 e. The van der Waals surface area contributed by atoms with Crippen LogP contribution in [-0.2, 0) is 0 Å². The fourth-order valence-electron chi connectivity index (χ4n) is 1.54. The van der Waals surface area contributed by atoms with Gasteiger partial charge in [0.05, 0.1) is 23.8 Å². The molecule has 0 spiro atoms. The van der Waals surface area contributed by atoms with Crippen molar-refractivity contribution in [1.29, 1.82) is 0 Å². The molecular formula is C12H12F2N2O. The second kappa shape index (κ2) is 4.63. The van der Waals surface area contributed by atoms with Gasteiger partial charge in [0, 0.05) is 12.3 Å². The van der Waals surface area contributed by atoms with Crippen molar-refractivity contribution in [2.24, 2.45) is 0 Å². The summed E-state index contributed by atoms with van der Waals surface area (Å²) in [7, 11) is 0. The molecule has 1 aromatic heterocycles. The SMILES string of the molecule is CCC(O)c1cn(-c2ccc(F)cc2F)cn1. The minimum Gasteiger partial charge on any atom is -0.387 e. The van der Waals surface area contributed by atoms with Crippen molar-refractivity contribution in [3.63, 3.8) is 0 Å². The number of hydrogen-bond acceptors (Lipinski definition) is 2. The van der Waals surface area contributed by atoms with Crippen LogP contribution in [0.4, 0.5) is 8.78 Å². The average molecular weight is 238 g/mol. The highest BCUT2D eigenvalue weighted by Gasteiger charge is 2.11. The van der Waals surface area contributed by atoms with Crippen LogP contribution in [0.2, 0.25) is 0 Å². The molecule has 5 heteroatoms. The van der Waals surface area contributed by atoms with Crippen LogP contribution in [-0.4, -0.2) is 14.7 Å². The van der Waals surface area contributed by atoms with E-state index >= 15 is 0 Å². The van der Waals surface area contributed by atoms with Gasteiger partial charge in [0.15, 0.2) is 0 Å². The summed E-state index contributed by atoms with van der Waals surface area (Å²) in [5.41, 5.74) is 0.671. The van der Waals surface area contributed by atoms with Crippen LogP contribution < -0.4 is 0 Å². The van der Waals surface area contributed by atoms with E-state index in [1.165, 1.54) is 29.2 Å². The third-order valence-corrected chi connectivity index (χ3v) is 2.52. The number of nitrogens with zero attached hydrogens (tertiary/aromatic N) is 2. The van der Waals surface area contributed by atoms with E-state index in [0.29, 0.717) is 12.1 Å². The van der Waals surface area contributed by atoms with Crippen molar-refractivity contribution in [1.82, 2.24) is 9.55 Å². The fourth-order valence-corrected chi connectivity index (χ4v) is 1.54. The van der Waals surface area contributed by atoms with E-state index < -0.39 is 17.7 Å². The molecule has 0 saturated carbocycles. The predicted molar refractivity (Wildman–Crippen MR) is 58.7 cm³/mol. The van der Waals surface area contributed by atoms with Crippen molar-refractivity contribution in [2.45, 2.75) is 19.4 Å². The third-order valence-electron chi connectivity index (χ3n) is 2.52. The normalized spacial score (nSPS) is 12.7. The molecule has 2 aromatic rings. The van der Waals surface area contributed by atoms with Gasteiger partial charge in [-0.05, 0) is 18.6 Å². The number of benzene rings is 1. The number of imidazole rings is 1. The van der Waals surface area contributed by atoms with E-state index in [0.717, 1.165) is 6.07 Å². The molecule has 1 atom stereocenters. The molecule has 1 N–H and O–H groups in total. The lowest BCUT2D eigenvalue weighted by Gasteiger charge is -2.04. The van der Waals surface area contributed by atoms with Gasteiger partial charge in [-0.1, -0.05) is 6.92 Å². The van der Waals surface area contributed by atoms with Crippen LogP contribution in [0.25, 0.3) is 5.69 Å². The zero-order chi connectivity index (χ0) is 12.4. The van der Waals surface area contributed by atoms with Crippen LogP contribution in [0.15, 0.2) is 30.7 Å². The summed E-state index contributed by atoms with van der Waals surface area (Å²) in [6.07, 6.45) is 2.79. The molecule has 90 valence electrons. The van der Waals surface area contributed by atoms with Gasteiger partial charge in [0.25, 0.3) is 0 Å². The van der Waals surface area contributed by atoms with E-state index in [2.05, 4.69) is 4.98 Å². The Morgan fingerprint density at radius 3 is 2.82 bits per heavy atom. The van der Waals surface area contributed by atoms with Gasteiger partial charge in [-0.15, -0.1) is 0 Å². The summed E-state index contributed by atoms with van der Waals surface area (Å²) >= 11 is 0. The number of aliphatic hydroxyl groups is 1. The van der Waals surface area contributed by atoms with E-state index in [-0.39, 0.29) is 5.69 Å². The molecule has 0 fully saturated rings. The molecule has 0 aliphatic carbocycles. The van der Waals surface area contributed by atoms with Gasteiger partial charge in [-0.2, -0.15) is 0 Å². The molecule has 0 bridgehead atoms. The van der Waals surface area contributed by atoms with Gasteiger partial charge in [0.2, 0.25) is 0 Å². The van der Waals surface area contributed by atoms with Crippen molar-refractivity contribution < 1.29 is 13.9 Å². The lowest BCUT2D eigenvalue weighted by molar-refractivity contribution is 0.169. The summed E-state index contributed by atoms with van der Waals surface area (Å²) in [4.78, 5) is 3.98. The average Bonchev–Trinajstić information content (AvgIpc) is 2.77. The van der Waals surface area contributed by atoms with Gasteiger partial charge in [-0.3, -0.25) is 0 Å². The van der Waals surface area contributed by atoms with Crippen LogP contribution in [0.3, 0.4) is 0 Å². The first kappa shape index (κ1) is 11.7. The Kier molecular flexibility index (Phi) is 3.19. The molecule has 0 saturated heterocycles. The third kappa shape index (κ3) is 2.34. The first-order valence-corrected chi connectivity index (χ1v) is 5.29. The summed E-state index contributed by atoms with van der Waals surface area (Å²) in [6.45, 7) is 1.82. The van der Waals surface area contributed by atoms with Crippen molar-refractivity contribution >= 4 is 0 Å². The highest BCUT2D eigenvalue weighted by molar-refractivity contribution is 5.34. The molecule has 0 amide bonds. The summed E-state index contributed by atoms with van der Waals surface area (Å²) < 4.78 is 27.6.